The molecule has 1 amide bonds. The maximum Gasteiger partial charge on any atom is 0.387 e. The second-order valence-electron chi connectivity index (χ2n) is 3.94. The summed E-state index contributed by atoms with van der Waals surface area (Å²) in [7, 11) is 0. The third kappa shape index (κ3) is 5.09. The molecule has 1 aromatic carbocycles. The van der Waals surface area contributed by atoms with Crippen molar-refractivity contribution >= 4 is 5.91 Å². The van der Waals surface area contributed by atoms with Crippen molar-refractivity contribution in [3.63, 3.8) is 0 Å². The van der Waals surface area contributed by atoms with Crippen molar-refractivity contribution in [3.05, 3.63) is 29.8 Å². The molecular weight excluding hydrogens is 242 g/mol. The fourth-order valence-electron chi connectivity index (χ4n) is 1.42. The van der Waals surface area contributed by atoms with E-state index in [9.17, 15) is 13.6 Å². The summed E-state index contributed by atoms with van der Waals surface area (Å²) in [5.41, 5.74) is 5.97. The van der Waals surface area contributed by atoms with E-state index in [0.29, 0.717) is 5.56 Å². The SMILES string of the molecule is CC(N)CC(=O)NCc1ccccc1OC(F)F. The number of hydrogen-bond donors (Lipinski definition) is 2. The molecule has 0 saturated carbocycles. The lowest BCUT2D eigenvalue weighted by Gasteiger charge is -2.12. The Balaban J connectivity index is 2.58. The molecule has 4 nitrogen and oxygen atoms in total. The summed E-state index contributed by atoms with van der Waals surface area (Å²) >= 11 is 0. The van der Waals surface area contributed by atoms with Gasteiger partial charge < -0.3 is 15.8 Å². The molecule has 1 unspecified atom stereocenters. The Hall–Kier alpha value is -1.69. The molecule has 6 heteroatoms. The number of rotatable bonds is 6. The second-order valence-corrected chi connectivity index (χ2v) is 3.94. The van der Waals surface area contributed by atoms with E-state index in [4.69, 9.17) is 5.73 Å². The van der Waals surface area contributed by atoms with Crippen LogP contribution in [0.5, 0.6) is 5.75 Å². The average molecular weight is 258 g/mol. The molecule has 0 aliphatic rings. The van der Waals surface area contributed by atoms with Crippen molar-refractivity contribution in [3.8, 4) is 5.75 Å². The summed E-state index contributed by atoms with van der Waals surface area (Å²) in [6.07, 6.45) is 0.192. The first kappa shape index (κ1) is 14.4. The minimum absolute atomic E-state index is 0.0635. The molecule has 0 aliphatic heterocycles. The van der Waals surface area contributed by atoms with Crippen molar-refractivity contribution in [2.45, 2.75) is 32.5 Å². The van der Waals surface area contributed by atoms with Crippen LogP contribution in [0.25, 0.3) is 0 Å². The molecule has 0 aliphatic carbocycles. The third-order valence-corrected chi connectivity index (χ3v) is 2.17. The van der Waals surface area contributed by atoms with Gasteiger partial charge in [0.2, 0.25) is 5.91 Å². The highest BCUT2D eigenvalue weighted by molar-refractivity contribution is 5.76. The summed E-state index contributed by atoms with van der Waals surface area (Å²) in [6, 6.07) is 6.08. The number of para-hydroxylation sites is 1. The second kappa shape index (κ2) is 6.90. The van der Waals surface area contributed by atoms with Crippen molar-refractivity contribution < 1.29 is 18.3 Å². The lowest BCUT2D eigenvalue weighted by Crippen LogP contribution is -2.29. The molecule has 3 N–H and O–H groups in total. The lowest BCUT2D eigenvalue weighted by atomic mass is 10.2. The van der Waals surface area contributed by atoms with Crippen molar-refractivity contribution in [1.82, 2.24) is 5.32 Å². The first-order valence-electron chi connectivity index (χ1n) is 5.54. The molecule has 0 saturated heterocycles. The normalized spacial score (nSPS) is 12.3. The minimum atomic E-state index is -2.88. The number of amides is 1. The minimum Gasteiger partial charge on any atom is -0.434 e. The Bertz CT molecular complexity index is 397. The first-order chi connectivity index (χ1) is 8.49. The van der Waals surface area contributed by atoms with Crippen LogP contribution < -0.4 is 15.8 Å². The number of carbonyl (C=O) groups is 1. The highest BCUT2D eigenvalue weighted by Crippen LogP contribution is 2.19. The van der Waals surface area contributed by atoms with Gasteiger partial charge in [-0.05, 0) is 13.0 Å². The molecule has 1 rings (SSSR count). The van der Waals surface area contributed by atoms with Gasteiger partial charge in [0.1, 0.15) is 5.75 Å². The Morgan fingerprint density at radius 3 is 2.72 bits per heavy atom. The van der Waals surface area contributed by atoms with Crippen LogP contribution in [0.15, 0.2) is 24.3 Å². The van der Waals surface area contributed by atoms with E-state index >= 15 is 0 Å². The Labute approximate surface area is 104 Å². The summed E-state index contributed by atoms with van der Waals surface area (Å²) < 4.78 is 28.6. The maximum atomic E-state index is 12.1. The van der Waals surface area contributed by atoms with Crippen LogP contribution in [-0.2, 0) is 11.3 Å². The molecule has 18 heavy (non-hydrogen) atoms. The van der Waals surface area contributed by atoms with Crippen LogP contribution in [0.2, 0.25) is 0 Å². The van der Waals surface area contributed by atoms with Gasteiger partial charge in [0.15, 0.2) is 0 Å². The number of benzene rings is 1. The standard InChI is InChI=1S/C12H16F2N2O2/c1-8(15)6-11(17)16-7-9-4-2-3-5-10(9)18-12(13)14/h2-5,8,12H,6-7,15H2,1H3,(H,16,17). The van der Waals surface area contributed by atoms with Gasteiger partial charge in [0.05, 0.1) is 0 Å². The number of nitrogens with one attached hydrogen (secondary N) is 1. The zero-order valence-corrected chi connectivity index (χ0v) is 10.0. The summed E-state index contributed by atoms with van der Waals surface area (Å²) in [4.78, 5) is 11.4. The fourth-order valence-corrected chi connectivity index (χ4v) is 1.42. The van der Waals surface area contributed by atoms with E-state index in [-0.39, 0.29) is 30.7 Å². The van der Waals surface area contributed by atoms with Crippen LogP contribution in [0.3, 0.4) is 0 Å². The van der Waals surface area contributed by atoms with Crippen molar-refractivity contribution in [2.75, 3.05) is 0 Å². The van der Waals surface area contributed by atoms with Crippen LogP contribution in [-0.4, -0.2) is 18.6 Å². The van der Waals surface area contributed by atoms with E-state index in [1.54, 1.807) is 25.1 Å². The number of ether oxygens (including phenoxy) is 1. The quantitative estimate of drug-likeness (QED) is 0.815. The molecular formula is C12H16F2N2O2. The van der Waals surface area contributed by atoms with Gasteiger partial charge in [0, 0.05) is 24.6 Å². The maximum absolute atomic E-state index is 12.1. The number of halogens is 2. The monoisotopic (exact) mass is 258 g/mol. The van der Waals surface area contributed by atoms with Gasteiger partial charge in [-0.2, -0.15) is 8.78 Å². The molecule has 0 radical (unpaired) electrons. The summed E-state index contributed by atoms with van der Waals surface area (Å²) in [5, 5.41) is 2.60. The van der Waals surface area contributed by atoms with E-state index < -0.39 is 6.61 Å². The predicted molar refractivity (Wildman–Crippen MR) is 63.2 cm³/mol. The smallest absolute Gasteiger partial charge is 0.387 e. The Kier molecular flexibility index (Phi) is 5.51. The third-order valence-electron chi connectivity index (χ3n) is 2.17. The van der Waals surface area contributed by atoms with Crippen LogP contribution in [0.4, 0.5) is 8.78 Å². The molecule has 0 aromatic heterocycles. The number of nitrogens with two attached hydrogens (primary N) is 1. The van der Waals surface area contributed by atoms with E-state index in [1.807, 2.05) is 0 Å². The Morgan fingerprint density at radius 2 is 2.11 bits per heavy atom. The lowest BCUT2D eigenvalue weighted by molar-refractivity contribution is -0.121. The zero-order valence-electron chi connectivity index (χ0n) is 10.0. The van der Waals surface area contributed by atoms with Gasteiger partial charge in [-0.3, -0.25) is 4.79 Å². The van der Waals surface area contributed by atoms with Gasteiger partial charge in [-0.1, -0.05) is 18.2 Å². The van der Waals surface area contributed by atoms with Crippen LogP contribution in [0, 0.1) is 0 Å². The number of hydrogen-bond acceptors (Lipinski definition) is 3. The number of carbonyl (C=O) groups excluding carboxylic acids is 1. The Morgan fingerprint density at radius 1 is 1.44 bits per heavy atom. The summed E-state index contributed by atoms with van der Waals surface area (Å²) in [5.74, 6) is -0.162. The van der Waals surface area contributed by atoms with Crippen molar-refractivity contribution in [1.29, 1.82) is 0 Å². The fraction of sp³-hybridized carbons (Fsp3) is 0.417. The van der Waals surface area contributed by atoms with E-state index in [1.165, 1.54) is 6.07 Å². The average Bonchev–Trinajstić information content (AvgIpc) is 2.26. The molecule has 1 atom stereocenters. The van der Waals surface area contributed by atoms with Gasteiger partial charge in [-0.15, -0.1) is 0 Å². The van der Waals surface area contributed by atoms with Crippen LogP contribution >= 0.6 is 0 Å². The molecule has 1 aromatic rings. The van der Waals surface area contributed by atoms with Crippen molar-refractivity contribution in [2.24, 2.45) is 5.73 Å². The molecule has 0 spiro atoms. The van der Waals surface area contributed by atoms with E-state index in [0.717, 1.165) is 0 Å². The highest BCUT2D eigenvalue weighted by atomic mass is 19.3. The molecule has 100 valence electrons. The zero-order chi connectivity index (χ0) is 13.5. The summed E-state index contributed by atoms with van der Waals surface area (Å²) in [6.45, 7) is -1.03. The van der Waals surface area contributed by atoms with Gasteiger partial charge in [-0.25, -0.2) is 0 Å². The van der Waals surface area contributed by atoms with Crippen LogP contribution in [0.1, 0.15) is 18.9 Å². The molecule has 0 heterocycles. The number of alkyl halides is 2. The molecule has 0 bridgehead atoms. The topological polar surface area (TPSA) is 64.4 Å². The van der Waals surface area contributed by atoms with Gasteiger partial charge >= 0.3 is 6.61 Å². The largest absolute Gasteiger partial charge is 0.434 e. The highest BCUT2D eigenvalue weighted by Gasteiger charge is 2.10. The van der Waals surface area contributed by atoms with E-state index in [2.05, 4.69) is 10.1 Å². The molecule has 0 fully saturated rings. The predicted octanol–water partition coefficient (Wildman–Crippen LogP) is 1.64. The first-order valence-corrected chi connectivity index (χ1v) is 5.54. The van der Waals surface area contributed by atoms with Gasteiger partial charge in [0.25, 0.3) is 0 Å².